The Kier molecular flexibility index (Phi) is 4.90. The van der Waals surface area contributed by atoms with Crippen LogP contribution in [0.5, 0.6) is 0 Å². The molecule has 0 aliphatic heterocycles. The van der Waals surface area contributed by atoms with Gasteiger partial charge < -0.3 is 5.32 Å². The van der Waals surface area contributed by atoms with Gasteiger partial charge in [0.1, 0.15) is 0 Å². The Balaban J connectivity index is 2.19. The molecule has 0 atom stereocenters. The first kappa shape index (κ1) is 15.6. The summed E-state index contributed by atoms with van der Waals surface area (Å²) < 4.78 is 0. The smallest absolute Gasteiger partial charge is 0.00882 e. The van der Waals surface area contributed by atoms with E-state index in [0.717, 1.165) is 6.54 Å². The van der Waals surface area contributed by atoms with Crippen LogP contribution in [0, 0.1) is 12.3 Å². The Morgan fingerprint density at radius 3 is 2.00 bits per heavy atom. The van der Waals surface area contributed by atoms with Crippen molar-refractivity contribution >= 4 is 0 Å². The lowest BCUT2D eigenvalue weighted by molar-refractivity contribution is 0.00388. The van der Waals surface area contributed by atoms with Gasteiger partial charge in [0.25, 0.3) is 0 Å². The number of hydrogen-bond donors (Lipinski definition) is 1. The first-order chi connectivity index (χ1) is 9.60. The molecule has 0 bridgehead atoms. The number of benzene rings is 1. The quantitative estimate of drug-likeness (QED) is 0.750. The number of nitrogens with one attached hydrogen (secondary N) is 1. The molecule has 0 amide bonds. The van der Waals surface area contributed by atoms with Gasteiger partial charge in [-0.15, -0.1) is 0 Å². The number of likely N-dealkylation sites (N-methyl/N-ethyl adjacent to an activating group) is 1. The second-order valence-corrected chi connectivity index (χ2v) is 7.03. The first-order valence-electron chi connectivity index (χ1n) is 8.31. The molecule has 20 heavy (non-hydrogen) atoms. The Labute approximate surface area is 125 Å². The minimum absolute atomic E-state index is 0.382. The monoisotopic (exact) mass is 273 g/mol. The van der Waals surface area contributed by atoms with E-state index in [1.807, 2.05) is 0 Å². The van der Waals surface area contributed by atoms with Crippen molar-refractivity contribution in [1.82, 2.24) is 5.32 Å². The molecule has 1 fully saturated rings. The predicted molar refractivity (Wildman–Crippen MR) is 88.3 cm³/mol. The van der Waals surface area contributed by atoms with Gasteiger partial charge in [-0.25, -0.2) is 0 Å². The molecule has 2 rings (SSSR count). The van der Waals surface area contributed by atoms with Crippen LogP contribution >= 0.6 is 0 Å². The van der Waals surface area contributed by atoms with E-state index in [9.17, 15) is 0 Å². The van der Waals surface area contributed by atoms with E-state index in [-0.39, 0.29) is 0 Å². The van der Waals surface area contributed by atoms with Crippen molar-refractivity contribution in [2.75, 3.05) is 13.6 Å². The lowest BCUT2D eigenvalue weighted by Gasteiger charge is -2.57. The average molecular weight is 273 g/mol. The Hall–Kier alpha value is -0.820. The third kappa shape index (κ3) is 2.93. The SMILES string of the molecule is CCCC1(CCC)CC(CNC)(c2ccc(C)cc2)C1. The molecular weight excluding hydrogens is 242 g/mol. The summed E-state index contributed by atoms with van der Waals surface area (Å²) in [5.41, 5.74) is 3.90. The van der Waals surface area contributed by atoms with E-state index in [1.165, 1.54) is 44.1 Å². The largest absolute Gasteiger partial charge is 0.319 e. The fraction of sp³-hybridized carbons (Fsp3) is 0.684. The molecule has 0 radical (unpaired) electrons. The maximum absolute atomic E-state index is 3.45. The molecule has 1 aromatic carbocycles. The zero-order chi connectivity index (χ0) is 14.6. The minimum Gasteiger partial charge on any atom is -0.319 e. The lowest BCUT2D eigenvalue weighted by Crippen LogP contribution is -2.54. The van der Waals surface area contributed by atoms with E-state index >= 15 is 0 Å². The highest BCUT2D eigenvalue weighted by molar-refractivity contribution is 5.33. The molecule has 0 saturated heterocycles. The van der Waals surface area contributed by atoms with E-state index < -0.39 is 0 Å². The fourth-order valence-electron chi connectivity index (χ4n) is 4.60. The van der Waals surface area contributed by atoms with Gasteiger partial charge in [0.2, 0.25) is 0 Å². The Bertz CT molecular complexity index is 404. The van der Waals surface area contributed by atoms with Gasteiger partial charge >= 0.3 is 0 Å². The Morgan fingerprint density at radius 2 is 1.55 bits per heavy atom. The number of aryl methyl sites for hydroxylation is 1. The molecule has 0 unspecified atom stereocenters. The maximum atomic E-state index is 3.45. The maximum Gasteiger partial charge on any atom is 0.00882 e. The topological polar surface area (TPSA) is 12.0 Å². The summed E-state index contributed by atoms with van der Waals surface area (Å²) in [6, 6.07) is 9.25. The zero-order valence-electron chi connectivity index (χ0n) is 13.8. The highest BCUT2D eigenvalue weighted by Gasteiger charge is 2.53. The third-order valence-corrected chi connectivity index (χ3v) is 5.17. The van der Waals surface area contributed by atoms with Crippen LogP contribution in [-0.4, -0.2) is 13.6 Å². The summed E-state index contributed by atoms with van der Waals surface area (Å²) in [5, 5.41) is 3.45. The summed E-state index contributed by atoms with van der Waals surface area (Å²) in [6.45, 7) is 7.96. The van der Waals surface area contributed by atoms with Gasteiger partial charge in [-0.2, -0.15) is 0 Å². The van der Waals surface area contributed by atoms with Crippen LogP contribution in [0.2, 0.25) is 0 Å². The van der Waals surface area contributed by atoms with E-state index in [2.05, 4.69) is 57.4 Å². The predicted octanol–water partition coefficient (Wildman–Crippen LogP) is 4.83. The molecule has 0 heterocycles. The van der Waals surface area contributed by atoms with Gasteiger partial charge in [0.05, 0.1) is 0 Å². The van der Waals surface area contributed by atoms with Crippen molar-refractivity contribution in [1.29, 1.82) is 0 Å². The van der Waals surface area contributed by atoms with Crippen molar-refractivity contribution in [2.45, 2.75) is 64.7 Å². The molecular formula is C19H31N. The highest BCUT2D eigenvalue weighted by Crippen LogP contribution is 2.59. The molecule has 112 valence electrons. The standard InChI is InChI=1S/C19H31N/c1-5-11-18(12-6-2)13-19(14-18,15-20-4)17-9-7-16(3)8-10-17/h7-10,20H,5-6,11-15H2,1-4H3. The molecule has 1 nitrogen and oxygen atoms in total. The van der Waals surface area contributed by atoms with Crippen molar-refractivity contribution in [3.05, 3.63) is 35.4 Å². The molecule has 1 N–H and O–H groups in total. The summed E-state index contributed by atoms with van der Waals surface area (Å²) in [7, 11) is 2.09. The molecule has 0 aromatic heterocycles. The number of rotatable bonds is 7. The Morgan fingerprint density at radius 1 is 1.00 bits per heavy atom. The van der Waals surface area contributed by atoms with Crippen LogP contribution in [0.15, 0.2) is 24.3 Å². The molecule has 0 spiro atoms. The van der Waals surface area contributed by atoms with Gasteiger partial charge in [0, 0.05) is 12.0 Å². The molecule has 1 heteroatoms. The summed E-state index contributed by atoms with van der Waals surface area (Å²) in [5.74, 6) is 0. The van der Waals surface area contributed by atoms with Crippen molar-refractivity contribution in [3.63, 3.8) is 0 Å². The van der Waals surface area contributed by atoms with E-state index in [4.69, 9.17) is 0 Å². The van der Waals surface area contributed by atoms with Crippen LogP contribution < -0.4 is 5.32 Å². The summed E-state index contributed by atoms with van der Waals surface area (Å²) >= 11 is 0. The van der Waals surface area contributed by atoms with Crippen molar-refractivity contribution in [2.24, 2.45) is 5.41 Å². The second kappa shape index (κ2) is 6.30. The third-order valence-electron chi connectivity index (χ3n) is 5.17. The molecule has 1 saturated carbocycles. The van der Waals surface area contributed by atoms with Gasteiger partial charge in [0.15, 0.2) is 0 Å². The fourth-order valence-corrected chi connectivity index (χ4v) is 4.60. The zero-order valence-corrected chi connectivity index (χ0v) is 13.8. The molecule has 1 aliphatic carbocycles. The first-order valence-corrected chi connectivity index (χ1v) is 8.31. The second-order valence-electron chi connectivity index (χ2n) is 7.03. The molecule has 1 aliphatic rings. The van der Waals surface area contributed by atoms with Crippen LogP contribution in [0.4, 0.5) is 0 Å². The summed E-state index contributed by atoms with van der Waals surface area (Å²) in [4.78, 5) is 0. The van der Waals surface area contributed by atoms with Gasteiger partial charge in [-0.05, 0) is 50.6 Å². The van der Waals surface area contributed by atoms with E-state index in [0.29, 0.717) is 10.8 Å². The van der Waals surface area contributed by atoms with E-state index in [1.54, 1.807) is 5.56 Å². The van der Waals surface area contributed by atoms with Gasteiger partial charge in [-0.1, -0.05) is 56.5 Å². The highest BCUT2D eigenvalue weighted by atomic mass is 14.8. The van der Waals surface area contributed by atoms with Crippen LogP contribution in [-0.2, 0) is 5.41 Å². The van der Waals surface area contributed by atoms with Crippen LogP contribution in [0.3, 0.4) is 0 Å². The lowest BCUT2D eigenvalue weighted by atomic mass is 9.48. The van der Waals surface area contributed by atoms with Gasteiger partial charge in [-0.3, -0.25) is 0 Å². The average Bonchev–Trinajstić information content (AvgIpc) is 2.38. The van der Waals surface area contributed by atoms with Crippen molar-refractivity contribution < 1.29 is 0 Å². The van der Waals surface area contributed by atoms with Crippen LogP contribution in [0.25, 0.3) is 0 Å². The minimum atomic E-state index is 0.382. The van der Waals surface area contributed by atoms with Crippen LogP contribution in [0.1, 0.15) is 63.5 Å². The number of hydrogen-bond acceptors (Lipinski definition) is 1. The summed E-state index contributed by atoms with van der Waals surface area (Å²) in [6.07, 6.45) is 8.18. The normalized spacial score (nSPS) is 19.6. The van der Waals surface area contributed by atoms with Crippen molar-refractivity contribution in [3.8, 4) is 0 Å². The molecule has 1 aromatic rings.